The molecule has 2 aromatic rings. The van der Waals surface area contributed by atoms with Gasteiger partial charge in [-0.2, -0.15) is 4.98 Å². The van der Waals surface area contributed by atoms with Crippen molar-refractivity contribution in [3.05, 3.63) is 37.7 Å². The molecule has 0 amide bonds. The summed E-state index contributed by atoms with van der Waals surface area (Å²) < 4.78 is 0. The number of hydrogen-bond acceptors (Lipinski definition) is 7. The van der Waals surface area contributed by atoms with Crippen LogP contribution in [-0.4, -0.2) is 21.4 Å². The number of anilines is 2. The smallest absolute Gasteiger partial charge is 0.332 e. The van der Waals surface area contributed by atoms with Crippen LogP contribution in [0.1, 0.15) is 22.4 Å². The fraction of sp³-hybridized carbons (Fsp3) is 0.385. The maximum absolute atomic E-state index is 11.2. The van der Waals surface area contributed by atoms with E-state index in [1.807, 2.05) is 26.0 Å². The maximum atomic E-state index is 11.2. The molecule has 2 N–H and O–H groups in total. The average Bonchev–Trinajstić information content (AvgIpc) is 2.81. The molecule has 0 fully saturated rings. The van der Waals surface area contributed by atoms with Gasteiger partial charge in [0.15, 0.2) is 0 Å². The third-order valence-corrected chi connectivity index (χ3v) is 3.80. The molecule has 0 spiro atoms. The minimum Gasteiger partial charge on any atom is -0.359 e. The Labute approximate surface area is 126 Å². The zero-order valence-corrected chi connectivity index (χ0v) is 13.0. The van der Waals surface area contributed by atoms with Gasteiger partial charge in [-0.25, -0.2) is 4.98 Å². The van der Waals surface area contributed by atoms with Crippen LogP contribution >= 0.6 is 11.3 Å². The van der Waals surface area contributed by atoms with Crippen LogP contribution in [-0.2, 0) is 6.54 Å². The zero-order valence-electron chi connectivity index (χ0n) is 12.1. The summed E-state index contributed by atoms with van der Waals surface area (Å²) in [6.07, 6.45) is 0. The third kappa shape index (κ3) is 3.66. The van der Waals surface area contributed by atoms with Crippen molar-refractivity contribution in [2.24, 2.45) is 0 Å². The van der Waals surface area contributed by atoms with Gasteiger partial charge in [0.2, 0.25) is 11.8 Å². The lowest BCUT2D eigenvalue weighted by Gasteiger charge is -2.09. The van der Waals surface area contributed by atoms with E-state index in [9.17, 15) is 10.1 Å². The van der Waals surface area contributed by atoms with Gasteiger partial charge in [0.05, 0.1) is 11.5 Å². The Hall–Kier alpha value is -2.22. The molecule has 0 aliphatic rings. The van der Waals surface area contributed by atoms with Gasteiger partial charge in [0.1, 0.15) is 5.69 Å². The number of nitrogens with one attached hydrogen (secondary N) is 2. The minimum absolute atomic E-state index is 0.0788. The van der Waals surface area contributed by atoms with E-state index in [-0.39, 0.29) is 11.5 Å². The summed E-state index contributed by atoms with van der Waals surface area (Å²) in [4.78, 5) is 21.3. The number of rotatable bonds is 6. The van der Waals surface area contributed by atoms with Crippen LogP contribution in [0.2, 0.25) is 0 Å². The summed E-state index contributed by atoms with van der Waals surface area (Å²) in [6.45, 7) is 6.71. The first-order chi connectivity index (χ1) is 10.0. The van der Waals surface area contributed by atoms with E-state index in [1.165, 1.54) is 4.88 Å². The second kappa shape index (κ2) is 6.49. The highest BCUT2D eigenvalue weighted by atomic mass is 32.1. The Morgan fingerprint density at radius 2 is 2.05 bits per heavy atom. The quantitative estimate of drug-likeness (QED) is 0.629. The van der Waals surface area contributed by atoms with E-state index in [4.69, 9.17) is 0 Å². The molecule has 0 saturated carbocycles. The van der Waals surface area contributed by atoms with Gasteiger partial charge in [-0.3, -0.25) is 10.1 Å². The van der Waals surface area contributed by atoms with Gasteiger partial charge in [-0.15, -0.1) is 11.3 Å². The lowest BCUT2D eigenvalue weighted by Crippen LogP contribution is -2.10. The Bertz CT molecular complexity index is 656. The van der Waals surface area contributed by atoms with Crippen molar-refractivity contribution in [1.29, 1.82) is 0 Å². The molecule has 8 heteroatoms. The number of nitrogens with zero attached hydrogens (tertiary/aromatic N) is 3. The summed E-state index contributed by atoms with van der Waals surface area (Å²) in [5.41, 5.74) is 0.265. The van der Waals surface area contributed by atoms with E-state index in [0.717, 1.165) is 4.88 Å². The van der Waals surface area contributed by atoms with Crippen LogP contribution in [0.15, 0.2) is 12.1 Å². The molecule has 0 bridgehead atoms. The zero-order chi connectivity index (χ0) is 15.4. The molecule has 2 rings (SSSR count). The first kappa shape index (κ1) is 15.2. The van der Waals surface area contributed by atoms with E-state index in [1.54, 1.807) is 18.3 Å². The van der Waals surface area contributed by atoms with Crippen molar-refractivity contribution in [2.45, 2.75) is 27.3 Å². The largest absolute Gasteiger partial charge is 0.359 e. The highest BCUT2D eigenvalue weighted by molar-refractivity contribution is 7.11. The maximum Gasteiger partial charge on any atom is 0.332 e. The van der Waals surface area contributed by atoms with Crippen LogP contribution < -0.4 is 10.6 Å². The van der Waals surface area contributed by atoms with Gasteiger partial charge < -0.3 is 10.6 Å². The van der Waals surface area contributed by atoms with E-state index < -0.39 is 4.92 Å². The van der Waals surface area contributed by atoms with Gasteiger partial charge in [0, 0.05) is 16.3 Å². The van der Waals surface area contributed by atoms with Crippen molar-refractivity contribution < 1.29 is 4.92 Å². The molecular weight excluding hydrogens is 290 g/mol. The van der Waals surface area contributed by atoms with Crippen LogP contribution in [0, 0.1) is 24.0 Å². The Balaban J connectivity index is 2.28. The predicted molar refractivity (Wildman–Crippen MR) is 84.0 cm³/mol. The standard InChI is InChI=1S/C13H17N5O2S/c1-4-14-13-16-9(3)11(18(19)20)12(17-13)15-7-10-6-5-8(2)21-10/h5-6H,4,7H2,1-3H3,(H2,14,15,16,17). The van der Waals surface area contributed by atoms with Gasteiger partial charge in [-0.1, -0.05) is 0 Å². The fourth-order valence-corrected chi connectivity index (χ4v) is 2.73. The van der Waals surface area contributed by atoms with Crippen LogP contribution in [0.5, 0.6) is 0 Å². The topological polar surface area (TPSA) is 93.0 Å². The molecule has 0 unspecified atom stereocenters. The van der Waals surface area contributed by atoms with Crippen molar-refractivity contribution in [1.82, 2.24) is 9.97 Å². The number of aryl methyl sites for hydroxylation is 2. The number of hydrogen-bond donors (Lipinski definition) is 2. The van der Waals surface area contributed by atoms with E-state index in [0.29, 0.717) is 24.7 Å². The number of thiophene rings is 1. The van der Waals surface area contributed by atoms with Crippen molar-refractivity contribution in [3.63, 3.8) is 0 Å². The third-order valence-electron chi connectivity index (χ3n) is 2.80. The molecule has 0 aromatic carbocycles. The van der Waals surface area contributed by atoms with E-state index >= 15 is 0 Å². The predicted octanol–water partition coefficient (Wildman–Crippen LogP) is 3.11. The molecule has 21 heavy (non-hydrogen) atoms. The summed E-state index contributed by atoms with van der Waals surface area (Å²) in [7, 11) is 0. The Morgan fingerprint density at radius 3 is 2.62 bits per heavy atom. The lowest BCUT2D eigenvalue weighted by atomic mass is 10.3. The summed E-state index contributed by atoms with van der Waals surface area (Å²) in [5.74, 6) is 0.639. The summed E-state index contributed by atoms with van der Waals surface area (Å²) in [5, 5.41) is 17.2. The first-order valence-electron chi connectivity index (χ1n) is 6.57. The molecule has 112 valence electrons. The second-order valence-electron chi connectivity index (χ2n) is 4.48. The monoisotopic (exact) mass is 307 g/mol. The molecule has 0 saturated heterocycles. The Kier molecular flexibility index (Phi) is 4.69. The highest BCUT2D eigenvalue weighted by Crippen LogP contribution is 2.27. The van der Waals surface area contributed by atoms with Crippen molar-refractivity contribution >= 4 is 28.8 Å². The van der Waals surface area contributed by atoms with Crippen molar-refractivity contribution in [2.75, 3.05) is 17.2 Å². The normalized spacial score (nSPS) is 10.4. The summed E-state index contributed by atoms with van der Waals surface area (Å²) in [6, 6.07) is 4.02. The molecule has 0 radical (unpaired) electrons. The summed E-state index contributed by atoms with van der Waals surface area (Å²) >= 11 is 1.65. The van der Waals surface area contributed by atoms with Gasteiger partial charge >= 0.3 is 5.69 Å². The van der Waals surface area contributed by atoms with Crippen LogP contribution in [0.3, 0.4) is 0 Å². The lowest BCUT2D eigenvalue weighted by molar-refractivity contribution is -0.385. The first-order valence-corrected chi connectivity index (χ1v) is 7.39. The average molecular weight is 307 g/mol. The van der Waals surface area contributed by atoms with Gasteiger partial charge in [0.25, 0.3) is 0 Å². The molecule has 0 atom stereocenters. The van der Waals surface area contributed by atoms with Gasteiger partial charge in [-0.05, 0) is 32.9 Å². The Morgan fingerprint density at radius 1 is 1.29 bits per heavy atom. The minimum atomic E-state index is -0.451. The molecule has 2 aromatic heterocycles. The molecule has 2 heterocycles. The molecule has 0 aliphatic heterocycles. The van der Waals surface area contributed by atoms with Crippen molar-refractivity contribution in [3.8, 4) is 0 Å². The van der Waals surface area contributed by atoms with E-state index in [2.05, 4.69) is 20.6 Å². The van der Waals surface area contributed by atoms with Crippen LogP contribution in [0.25, 0.3) is 0 Å². The molecule has 7 nitrogen and oxygen atoms in total. The second-order valence-corrected chi connectivity index (χ2v) is 5.86. The fourth-order valence-electron chi connectivity index (χ4n) is 1.90. The molecular formula is C13H17N5O2S. The molecule has 0 aliphatic carbocycles. The SMILES string of the molecule is CCNc1nc(C)c([N+](=O)[O-])c(NCc2ccc(C)s2)n1. The van der Waals surface area contributed by atoms with Crippen LogP contribution in [0.4, 0.5) is 17.5 Å². The number of nitro groups is 1. The number of aromatic nitrogens is 2. The highest BCUT2D eigenvalue weighted by Gasteiger charge is 2.21.